The number of fused-ring (bicyclic) bond motifs is 3. The third-order valence-electron chi connectivity index (χ3n) is 12.7. The minimum absolute atomic E-state index is 0.0170. The molecular weight excluding hydrogens is 869 g/mol. The zero-order valence-electron chi connectivity index (χ0n) is 40.0. The van der Waals surface area contributed by atoms with Crippen molar-refractivity contribution in [1.29, 1.82) is 0 Å². The van der Waals surface area contributed by atoms with Gasteiger partial charge in [0.2, 0.25) is 0 Å². The van der Waals surface area contributed by atoms with Crippen LogP contribution in [0.4, 0.5) is 45.5 Å². The van der Waals surface area contributed by atoms with E-state index in [0.717, 1.165) is 66.7 Å². The molecule has 4 nitrogen and oxygen atoms in total. The number of nitrogens with one attached hydrogen (secondary N) is 1. The van der Waals surface area contributed by atoms with Gasteiger partial charge in [-0.3, -0.25) is 0 Å². The van der Waals surface area contributed by atoms with Crippen LogP contribution < -0.4 is 15.1 Å². The third-order valence-corrected chi connectivity index (χ3v) is 13.6. The monoisotopic (exact) mass is 928 g/mol. The molecular formula is C61H61BrN4. The van der Waals surface area contributed by atoms with Crippen LogP contribution in [-0.4, -0.2) is 4.57 Å². The number of hydrogen-bond donors (Lipinski definition) is 1. The molecule has 1 aromatic heterocycles. The normalized spacial score (nSPS) is 12.2. The molecule has 1 heterocycles. The van der Waals surface area contributed by atoms with Gasteiger partial charge in [-0.05, 0) is 158 Å². The maximum atomic E-state index is 4.15. The van der Waals surface area contributed by atoms with Crippen LogP contribution in [0.1, 0.15) is 84.6 Å². The van der Waals surface area contributed by atoms with Gasteiger partial charge in [0.15, 0.2) is 0 Å². The van der Waals surface area contributed by atoms with Gasteiger partial charge in [-0.15, -0.1) is 0 Å². The quantitative estimate of drug-likeness (QED) is 0.156. The molecule has 0 atom stereocenters. The van der Waals surface area contributed by atoms with E-state index in [-0.39, 0.29) is 16.2 Å². The van der Waals surface area contributed by atoms with Crippen molar-refractivity contribution >= 4 is 83.2 Å². The molecule has 66 heavy (non-hydrogen) atoms. The van der Waals surface area contributed by atoms with Gasteiger partial charge in [0.05, 0.1) is 26.9 Å². The number of rotatable bonds is 9. The van der Waals surface area contributed by atoms with Crippen molar-refractivity contribution in [2.45, 2.75) is 85.5 Å². The zero-order valence-corrected chi connectivity index (χ0v) is 41.6. The van der Waals surface area contributed by atoms with E-state index >= 15 is 0 Å². The molecule has 5 heteroatoms. The summed E-state index contributed by atoms with van der Waals surface area (Å²) in [6.07, 6.45) is 0. The molecule has 9 rings (SSSR count). The Morgan fingerprint density at radius 1 is 0.424 bits per heavy atom. The second-order valence-electron chi connectivity index (χ2n) is 20.8. The number of nitrogens with zero attached hydrogens (tertiary/aromatic N) is 3. The highest BCUT2D eigenvalue weighted by atomic mass is 79.9. The topological polar surface area (TPSA) is 23.4 Å². The highest BCUT2D eigenvalue weighted by Gasteiger charge is 2.24. The van der Waals surface area contributed by atoms with Crippen LogP contribution in [0.25, 0.3) is 27.5 Å². The van der Waals surface area contributed by atoms with Crippen LogP contribution in [0.15, 0.2) is 186 Å². The van der Waals surface area contributed by atoms with Crippen LogP contribution in [0.5, 0.6) is 0 Å². The number of para-hydroxylation sites is 2. The predicted octanol–water partition coefficient (Wildman–Crippen LogP) is 18.4. The smallest absolute Gasteiger partial charge is 0.0651 e. The molecule has 0 fully saturated rings. The molecule has 1 N–H and O–H groups in total. The fraction of sp³-hybridized carbons (Fsp3) is 0.213. The Kier molecular flexibility index (Phi) is 11.7. The molecule has 0 bridgehead atoms. The van der Waals surface area contributed by atoms with E-state index in [9.17, 15) is 0 Å². The average molecular weight is 930 g/mol. The first kappa shape index (κ1) is 44.6. The lowest BCUT2D eigenvalue weighted by molar-refractivity contribution is 0.590. The third kappa shape index (κ3) is 8.89. The Balaban J connectivity index is 1.23. The zero-order chi connectivity index (χ0) is 46.5. The Bertz CT molecular complexity index is 3160. The average Bonchev–Trinajstić information content (AvgIpc) is 3.62. The standard InChI is InChI=1S/C61H61BrN4/c1-41-37-54(63-45-29-23-42(24-30-45)59(2,3)4)58(62)57(38-41)65(48-33-27-44(28-34-48)61(8,9)10)50-20-16-19-49(39-50)64(47-31-25-43(26-32-47)60(5,6)7)51-35-36-53-52-21-14-15-22-55(52)66(56(53)40-51)46-17-12-11-13-18-46/h11-40,63H,1-10H3. The highest BCUT2D eigenvalue weighted by molar-refractivity contribution is 9.10. The maximum absolute atomic E-state index is 4.15. The Hall–Kier alpha value is -6.56. The van der Waals surface area contributed by atoms with Crippen molar-refractivity contribution in [3.8, 4) is 5.69 Å². The summed E-state index contributed by atoms with van der Waals surface area (Å²) >= 11 is 4.15. The van der Waals surface area contributed by atoms with E-state index in [2.05, 4.69) is 287 Å². The molecule has 0 aliphatic rings. The van der Waals surface area contributed by atoms with Crippen molar-refractivity contribution in [3.05, 3.63) is 209 Å². The van der Waals surface area contributed by atoms with Crippen molar-refractivity contribution in [3.63, 3.8) is 0 Å². The first-order valence-electron chi connectivity index (χ1n) is 23.1. The Morgan fingerprint density at radius 3 is 1.50 bits per heavy atom. The van der Waals surface area contributed by atoms with Crippen LogP contribution >= 0.6 is 15.9 Å². The van der Waals surface area contributed by atoms with E-state index < -0.39 is 0 Å². The maximum Gasteiger partial charge on any atom is 0.0651 e. The van der Waals surface area contributed by atoms with Gasteiger partial charge in [0, 0.05) is 50.6 Å². The number of aromatic nitrogens is 1. The van der Waals surface area contributed by atoms with Gasteiger partial charge in [-0.2, -0.15) is 0 Å². The van der Waals surface area contributed by atoms with Gasteiger partial charge in [0.25, 0.3) is 0 Å². The summed E-state index contributed by atoms with van der Waals surface area (Å²) in [6, 6.07) is 66.9. The van der Waals surface area contributed by atoms with Crippen LogP contribution in [0.3, 0.4) is 0 Å². The van der Waals surface area contributed by atoms with Crippen molar-refractivity contribution < 1.29 is 0 Å². The molecule has 332 valence electrons. The number of aryl methyl sites for hydroxylation is 1. The van der Waals surface area contributed by atoms with Crippen LogP contribution in [0, 0.1) is 6.92 Å². The lowest BCUT2D eigenvalue weighted by atomic mass is 9.87. The first-order valence-corrected chi connectivity index (χ1v) is 23.9. The van der Waals surface area contributed by atoms with Gasteiger partial charge >= 0.3 is 0 Å². The largest absolute Gasteiger partial charge is 0.355 e. The minimum Gasteiger partial charge on any atom is -0.355 e. The lowest BCUT2D eigenvalue weighted by Crippen LogP contribution is -2.15. The lowest BCUT2D eigenvalue weighted by Gasteiger charge is -2.31. The first-order chi connectivity index (χ1) is 31.4. The molecule has 0 amide bonds. The van der Waals surface area contributed by atoms with Crippen molar-refractivity contribution in [2.24, 2.45) is 0 Å². The fourth-order valence-corrected chi connectivity index (χ4v) is 9.54. The molecule has 0 spiro atoms. The summed E-state index contributed by atoms with van der Waals surface area (Å²) in [4.78, 5) is 4.79. The van der Waals surface area contributed by atoms with Gasteiger partial charge in [0.1, 0.15) is 0 Å². The number of anilines is 8. The van der Waals surface area contributed by atoms with E-state index in [0.29, 0.717) is 0 Å². The second-order valence-corrected chi connectivity index (χ2v) is 21.6. The van der Waals surface area contributed by atoms with E-state index in [1.165, 1.54) is 33.0 Å². The minimum atomic E-state index is 0.0170. The van der Waals surface area contributed by atoms with Crippen LogP contribution in [0.2, 0.25) is 0 Å². The molecule has 8 aromatic carbocycles. The SMILES string of the molecule is Cc1cc(Nc2ccc(C(C)(C)C)cc2)c(Br)c(N(c2ccc(C(C)(C)C)cc2)c2cccc(N(c3ccc(C(C)(C)C)cc3)c3ccc4c5ccccc5n(-c5ccccc5)c4c3)c2)c1. The summed E-state index contributed by atoms with van der Waals surface area (Å²) in [5, 5.41) is 6.22. The van der Waals surface area contributed by atoms with Gasteiger partial charge in [-0.1, -0.05) is 147 Å². The van der Waals surface area contributed by atoms with Crippen molar-refractivity contribution in [1.82, 2.24) is 4.57 Å². The second kappa shape index (κ2) is 17.3. The predicted molar refractivity (Wildman–Crippen MR) is 288 cm³/mol. The van der Waals surface area contributed by atoms with E-state index in [1.54, 1.807) is 0 Å². The number of benzene rings is 8. The highest BCUT2D eigenvalue weighted by Crippen LogP contribution is 2.47. The summed E-state index contributed by atoms with van der Waals surface area (Å²) in [5.41, 5.74) is 17.0. The van der Waals surface area contributed by atoms with E-state index in [1.807, 2.05) is 0 Å². The van der Waals surface area contributed by atoms with Crippen molar-refractivity contribution in [2.75, 3.05) is 15.1 Å². The van der Waals surface area contributed by atoms with Crippen LogP contribution in [-0.2, 0) is 16.2 Å². The molecule has 0 aliphatic heterocycles. The number of halogens is 1. The van der Waals surface area contributed by atoms with E-state index in [4.69, 9.17) is 0 Å². The molecule has 0 saturated heterocycles. The number of hydrogen-bond acceptors (Lipinski definition) is 3. The summed E-state index contributed by atoms with van der Waals surface area (Å²) in [5.74, 6) is 0. The van der Waals surface area contributed by atoms with Gasteiger partial charge in [-0.25, -0.2) is 0 Å². The Labute approximate surface area is 400 Å². The summed E-state index contributed by atoms with van der Waals surface area (Å²) in [6.45, 7) is 22.6. The molecule has 0 aliphatic carbocycles. The molecule has 0 unspecified atom stereocenters. The summed E-state index contributed by atoms with van der Waals surface area (Å²) in [7, 11) is 0. The Morgan fingerprint density at radius 2 is 0.909 bits per heavy atom. The fourth-order valence-electron chi connectivity index (χ4n) is 9.03. The molecule has 9 aromatic rings. The summed E-state index contributed by atoms with van der Waals surface area (Å²) < 4.78 is 3.38. The molecule has 0 saturated carbocycles. The van der Waals surface area contributed by atoms with Gasteiger partial charge < -0.3 is 19.7 Å². The molecule has 0 radical (unpaired) electrons.